The minimum Gasteiger partial charge on any atom is -0.458 e. The summed E-state index contributed by atoms with van der Waals surface area (Å²) in [5.74, 6) is 0.600. The largest absolute Gasteiger partial charge is 0.458 e. The Kier molecular flexibility index (Phi) is 4.97. The Labute approximate surface area is 131 Å². The van der Waals surface area contributed by atoms with Crippen LogP contribution in [0.5, 0.6) is 0 Å². The van der Waals surface area contributed by atoms with Crippen LogP contribution in [0.4, 0.5) is 0 Å². The zero-order valence-electron chi connectivity index (χ0n) is 13.2. The Hall–Kier alpha value is -1.03. The van der Waals surface area contributed by atoms with Gasteiger partial charge >= 0.3 is 0 Å². The number of halogens is 1. The molecule has 0 aliphatic carbocycles. The van der Waals surface area contributed by atoms with E-state index in [0.29, 0.717) is 10.8 Å². The van der Waals surface area contributed by atoms with E-state index < -0.39 is 6.10 Å². The SMILES string of the molecule is CCN(CC)C(C)(CC)C(O)c1cc2cc(Cl)ccc2o1. The average Bonchev–Trinajstić information content (AvgIpc) is 2.90. The fourth-order valence-electron chi connectivity index (χ4n) is 3.01. The normalized spacial score (nSPS) is 16.3. The van der Waals surface area contributed by atoms with E-state index in [-0.39, 0.29) is 5.54 Å². The summed E-state index contributed by atoms with van der Waals surface area (Å²) < 4.78 is 5.84. The zero-order chi connectivity index (χ0) is 15.6. The molecule has 3 nitrogen and oxygen atoms in total. The van der Waals surface area contributed by atoms with Gasteiger partial charge in [0.25, 0.3) is 0 Å². The monoisotopic (exact) mass is 309 g/mol. The number of fused-ring (bicyclic) bond motifs is 1. The van der Waals surface area contributed by atoms with E-state index in [1.165, 1.54) is 0 Å². The third-order valence-corrected chi connectivity index (χ3v) is 4.79. The second-order valence-corrected chi connectivity index (χ2v) is 6.05. The summed E-state index contributed by atoms with van der Waals surface area (Å²) in [5, 5.41) is 12.5. The molecule has 0 saturated heterocycles. The maximum Gasteiger partial charge on any atom is 0.135 e. The van der Waals surface area contributed by atoms with Gasteiger partial charge in [0.05, 0.1) is 5.54 Å². The molecule has 116 valence electrons. The number of furan rings is 1. The fraction of sp³-hybridized carbons (Fsp3) is 0.529. The molecule has 2 rings (SSSR count). The van der Waals surface area contributed by atoms with E-state index >= 15 is 0 Å². The number of rotatable bonds is 6. The number of aliphatic hydroxyl groups is 1. The van der Waals surface area contributed by atoms with Gasteiger partial charge in [-0.1, -0.05) is 32.4 Å². The highest BCUT2D eigenvalue weighted by molar-refractivity contribution is 6.31. The van der Waals surface area contributed by atoms with Crippen LogP contribution < -0.4 is 0 Å². The van der Waals surface area contributed by atoms with E-state index in [4.69, 9.17) is 16.0 Å². The third-order valence-electron chi connectivity index (χ3n) is 4.56. The van der Waals surface area contributed by atoms with Crippen LogP contribution in [-0.2, 0) is 0 Å². The number of aliphatic hydroxyl groups excluding tert-OH is 1. The highest BCUT2D eigenvalue weighted by Gasteiger charge is 2.38. The average molecular weight is 310 g/mol. The molecule has 4 heteroatoms. The molecule has 0 spiro atoms. The maximum absolute atomic E-state index is 10.9. The standard InChI is InChI=1S/C17H24ClNO2/c1-5-17(4,19(6-2)7-3)16(20)15-11-12-10-13(18)8-9-14(12)21-15/h8-11,16,20H,5-7H2,1-4H3. The Morgan fingerprint density at radius 1 is 1.24 bits per heavy atom. The van der Waals surface area contributed by atoms with Gasteiger partial charge in [-0.25, -0.2) is 0 Å². The molecule has 2 unspecified atom stereocenters. The quantitative estimate of drug-likeness (QED) is 0.845. The first-order valence-corrected chi connectivity index (χ1v) is 7.96. The lowest BCUT2D eigenvalue weighted by Crippen LogP contribution is -2.50. The van der Waals surface area contributed by atoms with Crippen molar-refractivity contribution in [3.8, 4) is 0 Å². The molecule has 21 heavy (non-hydrogen) atoms. The van der Waals surface area contributed by atoms with Gasteiger partial charge in [0, 0.05) is 10.4 Å². The predicted molar refractivity (Wildman–Crippen MR) is 87.8 cm³/mol. The van der Waals surface area contributed by atoms with Crippen molar-refractivity contribution in [1.29, 1.82) is 0 Å². The van der Waals surface area contributed by atoms with Crippen molar-refractivity contribution in [1.82, 2.24) is 4.90 Å². The summed E-state index contributed by atoms with van der Waals surface area (Å²) in [6, 6.07) is 7.39. The molecule has 0 aliphatic heterocycles. The first-order valence-electron chi connectivity index (χ1n) is 7.58. The van der Waals surface area contributed by atoms with Gasteiger partial charge in [-0.15, -0.1) is 0 Å². The van der Waals surface area contributed by atoms with Crippen molar-refractivity contribution in [2.45, 2.75) is 45.8 Å². The molecule has 1 heterocycles. The van der Waals surface area contributed by atoms with Crippen molar-refractivity contribution in [2.75, 3.05) is 13.1 Å². The van der Waals surface area contributed by atoms with Crippen LogP contribution in [0, 0.1) is 0 Å². The number of benzene rings is 1. The van der Waals surface area contributed by atoms with Gasteiger partial charge in [0.1, 0.15) is 17.4 Å². The molecule has 1 aromatic carbocycles. The summed E-state index contributed by atoms with van der Waals surface area (Å²) in [6.07, 6.45) is 0.168. The van der Waals surface area contributed by atoms with Crippen molar-refractivity contribution < 1.29 is 9.52 Å². The van der Waals surface area contributed by atoms with Crippen LogP contribution in [-0.4, -0.2) is 28.6 Å². The maximum atomic E-state index is 10.9. The molecule has 0 saturated carbocycles. The first-order chi connectivity index (χ1) is 9.96. The van der Waals surface area contributed by atoms with E-state index in [1.54, 1.807) is 6.07 Å². The lowest BCUT2D eigenvalue weighted by molar-refractivity contribution is -0.0314. The first kappa shape index (κ1) is 16.3. The molecule has 2 aromatic rings. The van der Waals surface area contributed by atoms with Gasteiger partial charge in [0.2, 0.25) is 0 Å². The van der Waals surface area contributed by atoms with Crippen molar-refractivity contribution in [3.05, 3.63) is 35.0 Å². The molecule has 0 fully saturated rings. The molecule has 1 N–H and O–H groups in total. The summed E-state index contributed by atoms with van der Waals surface area (Å²) in [4.78, 5) is 2.28. The number of hydrogen-bond acceptors (Lipinski definition) is 3. The third kappa shape index (κ3) is 2.96. The van der Waals surface area contributed by atoms with Crippen LogP contribution >= 0.6 is 11.6 Å². The minimum absolute atomic E-state index is 0.346. The van der Waals surface area contributed by atoms with E-state index in [1.807, 2.05) is 18.2 Å². The second kappa shape index (κ2) is 6.39. The molecular weight excluding hydrogens is 286 g/mol. The van der Waals surface area contributed by atoms with E-state index in [2.05, 4.69) is 32.6 Å². The van der Waals surface area contributed by atoms with Gasteiger partial charge in [-0.2, -0.15) is 0 Å². The molecule has 0 radical (unpaired) electrons. The van der Waals surface area contributed by atoms with E-state index in [9.17, 15) is 5.11 Å². The summed E-state index contributed by atoms with van der Waals surface area (Å²) in [6.45, 7) is 10.2. The van der Waals surface area contributed by atoms with Crippen molar-refractivity contribution >= 4 is 22.6 Å². The van der Waals surface area contributed by atoms with E-state index in [0.717, 1.165) is 30.5 Å². The Morgan fingerprint density at radius 3 is 2.48 bits per heavy atom. The zero-order valence-corrected chi connectivity index (χ0v) is 13.9. The molecule has 0 bridgehead atoms. The smallest absolute Gasteiger partial charge is 0.135 e. The lowest BCUT2D eigenvalue weighted by Gasteiger charge is -2.42. The van der Waals surface area contributed by atoms with Crippen LogP contribution in [0.2, 0.25) is 5.02 Å². The number of hydrogen-bond donors (Lipinski definition) is 1. The molecule has 0 aliphatic rings. The minimum atomic E-state index is -0.673. The Balaban J connectivity index is 2.41. The van der Waals surface area contributed by atoms with Crippen LogP contribution in [0.15, 0.2) is 28.7 Å². The van der Waals surface area contributed by atoms with Crippen molar-refractivity contribution in [3.63, 3.8) is 0 Å². The van der Waals surface area contributed by atoms with Gasteiger partial charge in [-0.3, -0.25) is 4.90 Å². The Morgan fingerprint density at radius 2 is 1.90 bits per heavy atom. The molecule has 1 aromatic heterocycles. The fourth-order valence-corrected chi connectivity index (χ4v) is 3.19. The van der Waals surface area contributed by atoms with Gasteiger partial charge in [0.15, 0.2) is 0 Å². The summed E-state index contributed by atoms with van der Waals surface area (Å²) in [7, 11) is 0. The van der Waals surface area contributed by atoms with Crippen LogP contribution in [0.3, 0.4) is 0 Å². The second-order valence-electron chi connectivity index (χ2n) is 5.62. The number of likely N-dealkylation sites (N-methyl/N-ethyl adjacent to an activating group) is 1. The molecular formula is C17H24ClNO2. The summed E-state index contributed by atoms with van der Waals surface area (Å²) >= 11 is 6.01. The topological polar surface area (TPSA) is 36.6 Å². The van der Waals surface area contributed by atoms with Gasteiger partial charge < -0.3 is 9.52 Å². The molecule has 0 amide bonds. The highest BCUT2D eigenvalue weighted by Crippen LogP contribution is 2.36. The molecule has 2 atom stereocenters. The number of nitrogens with zero attached hydrogens (tertiary/aromatic N) is 1. The summed E-state index contributed by atoms with van der Waals surface area (Å²) in [5.41, 5.74) is 0.410. The lowest BCUT2D eigenvalue weighted by atomic mass is 9.87. The van der Waals surface area contributed by atoms with Crippen molar-refractivity contribution in [2.24, 2.45) is 0 Å². The Bertz CT molecular complexity index is 606. The van der Waals surface area contributed by atoms with Crippen LogP contribution in [0.1, 0.15) is 46.0 Å². The van der Waals surface area contributed by atoms with Gasteiger partial charge in [-0.05, 0) is 50.7 Å². The highest BCUT2D eigenvalue weighted by atomic mass is 35.5. The predicted octanol–water partition coefficient (Wildman–Crippen LogP) is 4.63. The van der Waals surface area contributed by atoms with Crippen LogP contribution in [0.25, 0.3) is 11.0 Å².